The molecule has 9 nitrogen and oxygen atoms in total. The van der Waals surface area contributed by atoms with Crippen LogP contribution < -0.4 is 5.32 Å². The van der Waals surface area contributed by atoms with Gasteiger partial charge in [0.05, 0.1) is 30.7 Å². The number of ether oxygens (including phenoxy) is 1. The normalized spacial score (nSPS) is 18.6. The minimum absolute atomic E-state index is 0.0192. The number of nitrogens with zero attached hydrogens (tertiary/aromatic N) is 5. The summed E-state index contributed by atoms with van der Waals surface area (Å²) in [6.07, 6.45) is 2.60. The smallest absolute Gasteiger partial charge is 0.318 e. The lowest BCUT2D eigenvalue weighted by atomic mass is 10.0. The Morgan fingerprint density at radius 3 is 2.54 bits per heavy atom. The molecule has 1 fully saturated rings. The number of aromatic nitrogens is 1. The summed E-state index contributed by atoms with van der Waals surface area (Å²) in [4.78, 5) is 30.5. The molecule has 35 heavy (non-hydrogen) atoms. The summed E-state index contributed by atoms with van der Waals surface area (Å²) in [5, 5.41) is 9.28. The molecule has 1 aromatic heterocycles. The number of morpholine rings is 1. The van der Waals surface area contributed by atoms with Crippen LogP contribution in [-0.2, 0) is 16.6 Å². The molecule has 3 amide bonds. The summed E-state index contributed by atoms with van der Waals surface area (Å²) in [6, 6.07) is 13.5. The Hall–Kier alpha value is -3.17. The monoisotopic (exact) mass is 480 g/mol. The molecule has 2 aromatic rings. The van der Waals surface area contributed by atoms with Gasteiger partial charge in [0.25, 0.3) is 5.91 Å². The fourth-order valence-electron chi connectivity index (χ4n) is 4.50. The number of carbonyl (C=O) groups is 2. The predicted molar refractivity (Wildman–Crippen MR) is 135 cm³/mol. The summed E-state index contributed by atoms with van der Waals surface area (Å²) in [6.45, 7) is 8.02. The highest BCUT2D eigenvalue weighted by atomic mass is 16.5. The molecular weight excluding hydrogens is 444 g/mol. The van der Waals surface area contributed by atoms with Gasteiger partial charge in [0.1, 0.15) is 6.54 Å². The molecule has 0 radical (unpaired) electrons. The molecule has 3 heterocycles. The molecule has 1 saturated heterocycles. The number of hydrazone groups is 1. The molecule has 2 aliphatic rings. The maximum absolute atomic E-state index is 13.6. The van der Waals surface area contributed by atoms with Crippen LogP contribution in [0.5, 0.6) is 0 Å². The van der Waals surface area contributed by atoms with Gasteiger partial charge in [0.15, 0.2) is 0 Å². The first-order chi connectivity index (χ1) is 16.9. The summed E-state index contributed by atoms with van der Waals surface area (Å²) in [5.74, 6) is -0.191. The Morgan fingerprint density at radius 2 is 1.89 bits per heavy atom. The Labute approximate surface area is 207 Å². The van der Waals surface area contributed by atoms with E-state index in [2.05, 4.69) is 10.2 Å². The van der Waals surface area contributed by atoms with Crippen molar-refractivity contribution in [2.24, 2.45) is 12.1 Å². The predicted octanol–water partition coefficient (Wildman–Crippen LogP) is 2.46. The molecule has 9 heteroatoms. The molecule has 4 rings (SSSR count). The third kappa shape index (κ3) is 6.29. The van der Waals surface area contributed by atoms with Gasteiger partial charge in [-0.25, -0.2) is 9.80 Å². The van der Waals surface area contributed by atoms with Crippen LogP contribution in [0.4, 0.5) is 4.79 Å². The zero-order valence-corrected chi connectivity index (χ0v) is 20.9. The lowest BCUT2D eigenvalue weighted by Crippen LogP contribution is -2.50. The summed E-state index contributed by atoms with van der Waals surface area (Å²) < 4.78 is 7.44. The van der Waals surface area contributed by atoms with Crippen molar-refractivity contribution in [3.63, 3.8) is 0 Å². The van der Waals surface area contributed by atoms with E-state index in [-0.39, 0.29) is 30.6 Å². The van der Waals surface area contributed by atoms with Crippen LogP contribution in [0.25, 0.3) is 0 Å². The van der Waals surface area contributed by atoms with E-state index in [0.717, 1.165) is 30.1 Å². The van der Waals surface area contributed by atoms with E-state index in [1.807, 2.05) is 74.1 Å². The lowest BCUT2D eigenvalue weighted by molar-refractivity contribution is -0.133. The number of aryl methyl sites for hydroxylation is 1. The highest BCUT2D eigenvalue weighted by molar-refractivity contribution is 6.02. The minimum Gasteiger partial charge on any atom is -0.379 e. The van der Waals surface area contributed by atoms with E-state index in [0.29, 0.717) is 32.7 Å². The first-order valence-electron chi connectivity index (χ1n) is 12.3. The minimum atomic E-state index is -0.233. The summed E-state index contributed by atoms with van der Waals surface area (Å²) in [7, 11) is 1.98. The van der Waals surface area contributed by atoms with Gasteiger partial charge in [-0.15, -0.1) is 0 Å². The number of urea groups is 1. The van der Waals surface area contributed by atoms with Gasteiger partial charge >= 0.3 is 6.03 Å². The van der Waals surface area contributed by atoms with Crippen molar-refractivity contribution >= 4 is 17.6 Å². The highest BCUT2D eigenvalue weighted by Crippen LogP contribution is 2.32. The van der Waals surface area contributed by atoms with Crippen LogP contribution in [0, 0.1) is 0 Å². The van der Waals surface area contributed by atoms with Gasteiger partial charge in [0, 0.05) is 51.9 Å². The fourth-order valence-corrected chi connectivity index (χ4v) is 4.50. The number of benzene rings is 1. The molecule has 1 N–H and O–H groups in total. The Bertz CT molecular complexity index is 1030. The first-order valence-corrected chi connectivity index (χ1v) is 12.3. The maximum atomic E-state index is 13.6. The third-order valence-corrected chi connectivity index (χ3v) is 6.40. The van der Waals surface area contributed by atoms with Crippen LogP contribution in [0.2, 0.25) is 0 Å². The maximum Gasteiger partial charge on any atom is 0.318 e. The molecule has 0 spiro atoms. The van der Waals surface area contributed by atoms with Crippen LogP contribution in [0.3, 0.4) is 0 Å². The van der Waals surface area contributed by atoms with E-state index >= 15 is 0 Å². The Balaban J connectivity index is 1.53. The van der Waals surface area contributed by atoms with Gasteiger partial charge in [-0.05, 0) is 31.5 Å². The second-order valence-corrected chi connectivity index (χ2v) is 9.40. The van der Waals surface area contributed by atoms with Crippen molar-refractivity contribution < 1.29 is 14.3 Å². The number of hydrogen-bond donors (Lipinski definition) is 1. The summed E-state index contributed by atoms with van der Waals surface area (Å²) >= 11 is 0. The second-order valence-electron chi connectivity index (χ2n) is 9.40. The molecule has 0 unspecified atom stereocenters. The number of carbonyl (C=O) groups excluding carboxylic acids is 2. The van der Waals surface area contributed by atoms with Gasteiger partial charge in [-0.2, -0.15) is 5.10 Å². The standard InChI is InChI=1S/C26H36N6O3/c1-20(2)27-26(34)31(13-12-30-14-16-35-17-15-30)19-25(33)32-24(21-8-5-4-6-9-21)18-22(28-32)23-10-7-11-29(23)3/h4-11,20,24H,12-19H2,1-3H3,(H,27,34)/t24-/m1/s1. The van der Waals surface area contributed by atoms with Crippen molar-refractivity contribution in [3.8, 4) is 0 Å². The lowest BCUT2D eigenvalue weighted by Gasteiger charge is -2.31. The van der Waals surface area contributed by atoms with Crippen molar-refractivity contribution in [1.82, 2.24) is 24.7 Å². The number of rotatable bonds is 8. The fraction of sp³-hybridized carbons (Fsp3) is 0.500. The molecular formula is C26H36N6O3. The van der Waals surface area contributed by atoms with E-state index < -0.39 is 0 Å². The topological polar surface area (TPSA) is 82.4 Å². The van der Waals surface area contributed by atoms with Gasteiger partial charge in [-0.3, -0.25) is 9.69 Å². The largest absolute Gasteiger partial charge is 0.379 e. The first kappa shape index (κ1) is 24.9. The molecule has 2 aliphatic heterocycles. The van der Waals surface area contributed by atoms with E-state index in [9.17, 15) is 9.59 Å². The van der Waals surface area contributed by atoms with E-state index in [4.69, 9.17) is 9.84 Å². The second kappa shape index (κ2) is 11.5. The number of amides is 3. The number of nitrogens with one attached hydrogen (secondary N) is 1. The molecule has 1 atom stereocenters. The summed E-state index contributed by atoms with van der Waals surface area (Å²) in [5.41, 5.74) is 2.88. The average molecular weight is 481 g/mol. The van der Waals surface area contributed by atoms with Crippen molar-refractivity contribution in [2.45, 2.75) is 32.4 Å². The Kier molecular flexibility index (Phi) is 8.20. The quantitative estimate of drug-likeness (QED) is 0.629. The van der Waals surface area contributed by atoms with E-state index in [1.165, 1.54) is 0 Å². The van der Waals surface area contributed by atoms with Crippen LogP contribution >= 0.6 is 0 Å². The zero-order valence-electron chi connectivity index (χ0n) is 20.9. The van der Waals surface area contributed by atoms with E-state index in [1.54, 1.807) is 9.91 Å². The van der Waals surface area contributed by atoms with Crippen molar-refractivity contribution in [2.75, 3.05) is 45.9 Å². The van der Waals surface area contributed by atoms with Crippen LogP contribution in [0.15, 0.2) is 53.8 Å². The number of hydrogen-bond acceptors (Lipinski definition) is 5. The highest BCUT2D eigenvalue weighted by Gasteiger charge is 2.35. The van der Waals surface area contributed by atoms with Gasteiger partial charge in [-0.1, -0.05) is 30.3 Å². The molecule has 0 bridgehead atoms. The zero-order chi connectivity index (χ0) is 24.8. The van der Waals surface area contributed by atoms with Crippen LogP contribution in [-0.4, -0.2) is 89.0 Å². The SMILES string of the molecule is CC(C)NC(=O)N(CCN1CCOCC1)CC(=O)N1N=C(c2cccn2C)C[C@@H]1c1ccccc1. The van der Waals surface area contributed by atoms with Crippen LogP contribution in [0.1, 0.15) is 37.6 Å². The van der Waals surface area contributed by atoms with Gasteiger partial charge < -0.3 is 19.5 Å². The Morgan fingerprint density at radius 1 is 1.14 bits per heavy atom. The molecule has 188 valence electrons. The molecule has 0 aliphatic carbocycles. The molecule has 1 aromatic carbocycles. The average Bonchev–Trinajstić information content (AvgIpc) is 3.48. The molecule has 0 saturated carbocycles. The van der Waals surface area contributed by atoms with Crippen molar-refractivity contribution in [3.05, 3.63) is 59.9 Å². The van der Waals surface area contributed by atoms with Gasteiger partial charge in [0.2, 0.25) is 0 Å². The third-order valence-electron chi connectivity index (χ3n) is 6.40. The van der Waals surface area contributed by atoms with Crippen molar-refractivity contribution in [1.29, 1.82) is 0 Å².